The smallest absolute Gasteiger partial charge is 0.353 e. The van der Waals surface area contributed by atoms with E-state index in [2.05, 4.69) is 31.5 Å². The molecule has 1 unspecified atom stereocenters. The van der Waals surface area contributed by atoms with E-state index in [0.29, 0.717) is 37.6 Å². The second-order valence-corrected chi connectivity index (χ2v) is 12.4. The topological polar surface area (TPSA) is 184 Å². The highest BCUT2D eigenvalue weighted by atomic mass is 32.2. The van der Waals surface area contributed by atoms with E-state index in [0.717, 1.165) is 6.54 Å². The van der Waals surface area contributed by atoms with Crippen molar-refractivity contribution >= 4 is 35.5 Å². The molecule has 4 saturated heterocycles. The van der Waals surface area contributed by atoms with Crippen LogP contribution >= 0.6 is 11.8 Å². The molecule has 6 heterocycles. The third-order valence-corrected chi connectivity index (χ3v) is 10.0. The second kappa shape index (κ2) is 10.7. The number of likely N-dealkylation sites (tertiary alicyclic amines) is 1. The summed E-state index contributed by atoms with van der Waals surface area (Å²) in [7, 11) is 0. The zero-order valence-corrected chi connectivity index (χ0v) is 23.0. The number of nitrogens with one attached hydrogen (secondary N) is 3. The molecule has 1 aromatic heterocycles. The molecular weight excluding hydrogens is 542 g/mol. The van der Waals surface area contributed by atoms with Gasteiger partial charge in [0, 0.05) is 48.3 Å². The number of amides is 3. The number of tetrazole rings is 1. The highest BCUT2D eigenvalue weighted by Crippen LogP contribution is 2.51. The second-order valence-electron chi connectivity index (χ2n) is 11.0. The summed E-state index contributed by atoms with van der Waals surface area (Å²) in [5.74, 6) is -2.54. The van der Waals surface area contributed by atoms with Crippen LogP contribution in [0.15, 0.2) is 16.9 Å². The molecule has 0 aliphatic carbocycles. The monoisotopic (exact) mass is 575 g/mol. The third-order valence-electron chi connectivity index (χ3n) is 8.52. The Hall–Kier alpha value is -3.08. The van der Waals surface area contributed by atoms with Gasteiger partial charge in [0.1, 0.15) is 18.6 Å². The van der Waals surface area contributed by atoms with Gasteiger partial charge in [-0.15, -0.1) is 16.9 Å². The van der Waals surface area contributed by atoms with Crippen LogP contribution < -0.4 is 16.0 Å². The van der Waals surface area contributed by atoms with Gasteiger partial charge in [-0.1, -0.05) is 6.92 Å². The Bertz CT molecular complexity index is 1210. The lowest BCUT2D eigenvalue weighted by molar-refractivity contribution is -0.158. The number of hydrogen-bond acceptors (Lipinski definition) is 11. The zero-order chi connectivity index (χ0) is 28.1. The van der Waals surface area contributed by atoms with E-state index in [1.54, 1.807) is 6.92 Å². The van der Waals surface area contributed by atoms with E-state index in [1.807, 2.05) is 11.8 Å². The Labute approximate surface area is 234 Å². The molecule has 16 heteroatoms. The highest BCUT2D eigenvalue weighted by molar-refractivity contribution is 8.03. The van der Waals surface area contributed by atoms with Crippen LogP contribution in [-0.2, 0) is 30.5 Å². The van der Waals surface area contributed by atoms with Crippen molar-refractivity contribution in [1.82, 2.24) is 46.0 Å². The molecule has 5 aliphatic heterocycles. The molecule has 0 saturated carbocycles. The molecule has 3 amide bonds. The fourth-order valence-electron chi connectivity index (χ4n) is 6.64. The van der Waals surface area contributed by atoms with E-state index in [1.165, 1.54) is 27.7 Å². The van der Waals surface area contributed by atoms with Crippen molar-refractivity contribution in [3.63, 3.8) is 0 Å². The van der Waals surface area contributed by atoms with Crippen molar-refractivity contribution < 1.29 is 29.0 Å². The summed E-state index contributed by atoms with van der Waals surface area (Å²) in [5, 5.41) is 30.3. The molecular formula is C24H33N9O6S. The number of fused-ring (bicyclic) bond motifs is 2. The molecule has 0 aromatic carbocycles. The maximum Gasteiger partial charge on any atom is 0.353 e. The number of hydrogen-bond donors (Lipinski definition) is 4. The van der Waals surface area contributed by atoms with Gasteiger partial charge in [0.25, 0.3) is 0 Å². The number of aliphatic carboxylic acids is 1. The lowest BCUT2D eigenvalue weighted by Gasteiger charge is -2.47. The molecule has 4 fully saturated rings. The number of thioether (sulfide) groups is 1. The van der Waals surface area contributed by atoms with Crippen LogP contribution in [0, 0.1) is 11.8 Å². The maximum absolute atomic E-state index is 13.2. The number of aromatic nitrogens is 4. The SMILES string of the molecule is CC(NC(=O)Cn1cnnn1)[C@H]1C(=O)N2C(C(=O)O)=C(S[C@@H]3CN[C@H](C(=O)N4C[C@@H]5NCCO[C@@H]5C4)C3)[C@H](C)[C@H]12. The average Bonchev–Trinajstić information content (AvgIpc) is 3.71. The van der Waals surface area contributed by atoms with Crippen LogP contribution in [0.5, 0.6) is 0 Å². The number of carbonyl (C=O) groups excluding carboxylic acids is 3. The molecule has 216 valence electrons. The average molecular weight is 576 g/mol. The van der Waals surface area contributed by atoms with E-state index >= 15 is 0 Å². The fraction of sp³-hybridized carbons (Fsp3) is 0.708. The van der Waals surface area contributed by atoms with Gasteiger partial charge in [-0.05, 0) is 23.8 Å². The Kier molecular flexibility index (Phi) is 7.27. The van der Waals surface area contributed by atoms with Gasteiger partial charge in [-0.25, -0.2) is 9.48 Å². The van der Waals surface area contributed by atoms with Crippen molar-refractivity contribution in [1.29, 1.82) is 0 Å². The minimum absolute atomic E-state index is 0.0117. The number of rotatable bonds is 8. The largest absolute Gasteiger partial charge is 0.477 e. The van der Waals surface area contributed by atoms with Gasteiger partial charge in [0.05, 0.1) is 36.8 Å². The lowest BCUT2D eigenvalue weighted by atomic mass is 9.78. The van der Waals surface area contributed by atoms with Crippen molar-refractivity contribution in [3.05, 3.63) is 16.9 Å². The van der Waals surface area contributed by atoms with Crippen molar-refractivity contribution in [2.24, 2.45) is 11.8 Å². The van der Waals surface area contributed by atoms with Gasteiger partial charge in [0.2, 0.25) is 17.7 Å². The number of carboxylic acids is 1. The molecule has 6 rings (SSSR count). The molecule has 8 atom stereocenters. The third kappa shape index (κ3) is 4.76. The van der Waals surface area contributed by atoms with Gasteiger partial charge in [-0.3, -0.25) is 14.4 Å². The van der Waals surface area contributed by atoms with Crippen molar-refractivity contribution in [3.8, 4) is 0 Å². The van der Waals surface area contributed by atoms with Gasteiger partial charge >= 0.3 is 5.97 Å². The minimum atomic E-state index is -1.15. The van der Waals surface area contributed by atoms with Crippen molar-refractivity contribution in [2.75, 3.05) is 32.8 Å². The zero-order valence-electron chi connectivity index (χ0n) is 22.2. The summed E-state index contributed by atoms with van der Waals surface area (Å²) in [4.78, 5) is 55.1. The Balaban J connectivity index is 1.08. The first-order valence-corrected chi connectivity index (χ1v) is 14.5. The van der Waals surface area contributed by atoms with E-state index < -0.39 is 17.9 Å². The number of carboxylic acid groups (broad SMARTS) is 1. The summed E-state index contributed by atoms with van der Waals surface area (Å²) < 4.78 is 7.08. The van der Waals surface area contributed by atoms with Crippen LogP contribution in [-0.4, -0.2) is 127 Å². The number of nitrogens with zero attached hydrogens (tertiary/aromatic N) is 6. The quantitative estimate of drug-likeness (QED) is 0.242. The summed E-state index contributed by atoms with van der Waals surface area (Å²) in [5.41, 5.74) is 0.0117. The Morgan fingerprint density at radius 3 is 2.85 bits per heavy atom. The van der Waals surface area contributed by atoms with Crippen molar-refractivity contribution in [2.45, 2.75) is 62.3 Å². The Morgan fingerprint density at radius 1 is 1.30 bits per heavy atom. The molecule has 0 spiro atoms. The van der Waals surface area contributed by atoms with Gasteiger partial charge in [-0.2, -0.15) is 0 Å². The number of carbonyl (C=O) groups is 4. The van der Waals surface area contributed by atoms with Crippen LogP contribution in [0.2, 0.25) is 0 Å². The minimum Gasteiger partial charge on any atom is -0.477 e. The Morgan fingerprint density at radius 2 is 2.12 bits per heavy atom. The van der Waals surface area contributed by atoms with Crippen LogP contribution in [0.1, 0.15) is 20.3 Å². The molecule has 1 aromatic rings. The molecule has 0 radical (unpaired) electrons. The molecule has 5 aliphatic rings. The normalized spacial score (nSPS) is 34.0. The van der Waals surface area contributed by atoms with Crippen LogP contribution in [0.3, 0.4) is 0 Å². The van der Waals surface area contributed by atoms with E-state index in [9.17, 15) is 24.3 Å². The predicted molar refractivity (Wildman–Crippen MR) is 139 cm³/mol. The first-order chi connectivity index (χ1) is 19.2. The summed E-state index contributed by atoms with van der Waals surface area (Å²) in [6, 6.07) is -1.05. The molecule has 15 nitrogen and oxygen atoms in total. The van der Waals surface area contributed by atoms with Gasteiger partial charge in [0.15, 0.2) is 0 Å². The number of ether oxygens (including phenoxy) is 1. The van der Waals surface area contributed by atoms with Gasteiger partial charge < -0.3 is 35.6 Å². The van der Waals surface area contributed by atoms with E-state index in [-0.39, 0.29) is 65.4 Å². The maximum atomic E-state index is 13.2. The summed E-state index contributed by atoms with van der Waals surface area (Å²) >= 11 is 1.44. The molecule has 40 heavy (non-hydrogen) atoms. The molecule has 0 bridgehead atoms. The first-order valence-electron chi connectivity index (χ1n) is 13.6. The van der Waals surface area contributed by atoms with Crippen LogP contribution in [0.25, 0.3) is 0 Å². The predicted octanol–water partition coefficient (Wildman–Crippen LogP) is -2.39. The first kappa shape index (κ1) is 27.1. The number of β-lactam (4-membered cyclic amide) rings is 1. The lowest BCUT2D eigenvalue weighted by Crippen LogP contribution is -2.66. The summed E-state index contributed by atoms with van der Waals surface area (Å²) in [6.45, 7) is 6.78. The number of morpholine rings is 1. The highest BCUT2D eigenvalue weighted by Gasteiger charge is 2.60. The van der Waals surface area contributed by atoms with Crippen LogP contribution in [0.4, 0.5) is 0 Å². The van der Waals surface area contributed by atoms with E-state index in [4.69, 9.17) is 4.74 Å². The summed E-state index contributed by atoms with van der Waals surface area (Å²) in [6.07, 6.45) is 1.91. The fourth-order valence-corrected chi connectivity index (χ4v) is 8.12. The standard InChI is InChI=1S/C24H33N9O6S/c1-11-19-18(12(2)28-17(34)9-32-10-27-29-30-32)23(36)33(19)20(24(37)38)21(11)40-13-5-14(26-6-13)22(35)31-7-15-16(8-31)39-4-3-25-15/h10-16,18-19,25-26H,3-9H2,1-2H3,(H,28,34)(H,37,38)/t11-,12?,13+,14+,15+,16-,18-,19-/m1/s1. The molecule has 4 N–H and O–H groups in total.